The molecule has 1 fully saturated rings. The number of methoxy groups -OCH3 is 2. The number of amides is 1. The number of hydrogen-bond acceptors (Lipinski definition) is 6. The van der Waals surface area contributed by atoms with Crippen molar-refractivity contribution in [1.82, 2.24) is 15.1 Å². The number of benzene rings is 2. The van der Waals surface area contributed by atoms with E-state index in [0.717, 1.165) is 17.1 Å². The van der Waals surface area contributed by atoms with Crippen LogP contribution in [-0.4, -0.2) is 61.4 Å². The average Bonchev–Trinajstić information content (AvgIpc) is 2.83. The molecule has 2 aromatic carbocycles. The molecule has 0 aliphatic carbocycles. The number of hydrogen-bond donors (Lipinski definition) is 0. The van der Waals surface area contributed by atoms with Crippen molar-refractivity contribution in [2.45, 2.75) is 6.92 Å². The van der Waals surface area contributed by atoms with Crippen LogP contribution in [0.1, 0.15) is 15.9 Å². The third kappa shape index (κ3) is 4.17. The molecular formula is C24H26N4O3. The zero-order valence-corrected chi connectivity index (χ0v) is 18.0. The largest absolute Gasteiger partial charge is 0.493 e. The van der Waals surface area contributed by atoms with E-state index < -0.39 is 0 Å². The Morgan fingerprint density at radius 2 is 1.65 bits per heavy atom. The second kappa shape index (κ2) is 9.04. The maximum absolute atomic E-state index is 13.1. The van der Waals surface area contributed by atoms with Crippen molar-refractivity contribution < 1.29 is 14.3 Å². The maximum Gasteiger partial charge on any atom is 0.257 e. The van der Waals surface area contributed by atoms with Gasteiger partial charge in [0.1, 0.15) is 0 Å². The van der Waals surface area contributed by atoms with Crippen LogP contribution in [0.3, 0.4) is 0 Å². The van der Waals surface area contributed by atoms with Gasteiger partial charge in [0.2, 0.25) is 0 Å². The van der Waals surface area contributed by atoms with Crippen LogP contribution in [0.2, 0.25) is 0 Å². The minimum absolute atomic E-state index is 0.0589. The molecule has 1 aliphatic heterocycles. The molecule has 7 nitrogen and oxygen atoms in total. The topological polar surface area (TPSA) is 67.8 Å². The van der Waals surface area contributed by atoms with Crippen molar-refractivity contribution in [3.8, 4) is 22.8 Å². The van der Waals surface area contributed by atoms with Crippen LogP contribution in [-0.2, 0) is 0 Å². The summed E-state index contributed by atoms with van der Waals surface area (Å²) in [6.45, 7) is 4.64. The number of anilines is 1. The maximum atomic E-state index is 13.1. The van der Waals surface area contributed by atoms with Crippen LogP contribution in [0, 0.1) is 6.92 Å². The highest BCUT2D eigenvalue weighted by atomic mass is 16.5. The molecule has 0 spiro atoms. The monoisotopic (exact) mass is 418 g/mol. The summed E-state index contributed by atoms with van der Waals surface area (Å²) < 4.78 is 10.7. The van der Waals surface area contributed by atoms with E-state index in [1.165, 1.54) is 5.56 Å². The Bertz CT molecular complexity index is 1060. The van der Waals surface area contributed by atoms with E-state index in [4.69, 9.17) is 9.47 Å². The van der Waals surface area contributed by atoms with E-state index in [9.17, 15) is 4.79 Å². The number of ether oxygens (including phenoxy) is 2. The lowest BCUT2D eigenvalue weighted by Gasteiger charge is -2.35. The van der Waals surface area contributed by atoms with Crippen LogP contribution < -0.4 is 14.4 Å². The lowest BCUT2D eigenvalue weighted by Crippen LogP contribution is -2.49. The number of piperazine rings is 1. The molecule has 31 heavy (non-hydrogen) atoms. The van der Waals surface area contributed by atoms with Crippen molar-refractivity contribution in [3.05, 3.63) is 65.7 Å². The van der Waals surface area contributed by atoms with E-state index in [1.54, 1.807) is 32.4 Å². The normalized spacial score (nSPS) is 13.8. The summed E-state index contributed by atoms with van der Waals surface area (Å²) in [6.07, 6.45) is 0. The molecule has 0 N–H and O–H groups in total. The molecule has 0 bridgehead atoms. The first-order chi connectivity index (χ1) is 15.1. The number of rotatable bonds is 5. The number of nitrogens with zero attached hydrogens (tertiary/aromatic N) is 4. The predicted molar refractivity (Wildman–Crippen MR) is 120 cm³/mol. The summed E-state index contributed by atoms with van der Waals surface area (Å²) in [7, 11) is 3.11. The van der Waals surface area contributed by atoms with Crippen molar-refractivity contribution >= 4 is 11.7 Å². The second-order valence-corrected chi connectivity index (χ2v) is 7.41. The zero-order valence-electron chi connectivity index (χ0n) is 18.0. The van der Waals surface area contributed by atoms with Gasteiger partial charge in [-0.05, 0) is 36.8 Å². The van der Waals surface area contributed by atoms with Gasteiger partial charge in [0, 0.05) is 31.7 Å². The van der Waals surface area contributed by atoms with Crippen LogP contribution >= 0.6 is 0 Å². The molecule has 1 aliphatic rings. The van der Waals surface area contributed by atoms with E-state index in [2.05, 4.69) is 34.2 Å². The van der Waals surface area contributed by atoms with Gasteiger partial charge in [0.05, 0.1) is 25.5 Å². The van der Waals surface area contributed by atoms with Crippen LogP contribution in [0.4, 0.5) is 5.82 Å². The molecular weight excluding hydrogens is 392 g/mol. The van der Waals surface area contributed by atoms with Gasteiger partial charge in [-0.3, -0.25) is 4.79 Å². The van der Waals surface area contributed by atoms with Crippen molar-refractivity contribution in [2.24, 2.45) is 0 Å². The smallest absolute Gasteiger partial charge is 0.257 e. The third-order valence-corrected chi connectivity index (χ3v) is 5.60. The number of para-hydroxylation sites is 1. The first kappa shape index (κ1) is 20.7. The standard InChI is InChI=1S/C24H26N4O3/c1-17-7-4-5-8-18(17)20-11-12-22(26-25-20)27-13-15-28(16-14-27)24(29)19-9-6-10-21(30-2)23(19)31-3/h4-12H,13-16H2,1-3H3. The summed E-state index contributed by atoms with van der Waals surface area (Å²) in [4.78, 5) is 17.1. The van der Waals surface area contributed by atoms with E-state index in [1.807, 2.05) is 29.2 Å². The van der Waals surface area contributed by atoms with Gasteiger partial charge in [-0.15, -0.1) is 10.2 Å². The molecule has 2 heterocycles. The predicted octanol–water partition coefficient (Wildman–Crippen LogP) is 3.43. The molecule has 0 atom stereocenters. The van der Waals surface area contributed by atoms with Gasteiger partial charge in [-0.2, -0.15) is 0 Å². The van der Waals surface area contributed by atoms with Crippen LogP contribution in [0.15, 0.2) is 54.6 Å². The van der Waals surface area contributed by atoms with Gasteiger partial charge >= 0.3 is 0 Å². The molecule has 1 amide bonds. The fourth-order valence-electron chi connectivity index (χ4n) is 3.86. The summed E-state index contributed by atoms with van der Waals surface area (Å²) in [5.41, 5.74) is 3.63. The molecule has 7 heteroatoms. The van der Waals surface area contributed by atoms with Crippen LogP contribution in [0.25, 0.3) is 11.3 Å². The van der Waals surface area contributed by atoms with Gasteiger partial charge in [0.25, 0.3) is 5.91 Å². The summed E-state index contributed by atoms with van der Waals surface area (Å²) in [5, 5.41) is 8.86. The van der Waals surface area contributed by atoms with Crippen molar-refractivity contribution in [2.75, 3.05) is 45.3 Å². The number of aromatic nitrogens is 2. The molecule has 0 radical (unpaired) electrons. The molecule has 0 saturated carbocycles. The SMILES string of the molecule is COc1cccc(C(=O)N2CCN(c3ccc(-c4ccccc4C)nn3)CC2)c1OC. The highest BCUT2D eigenvalue weighted by molar-refractivity contribution is 5.98. The number of aryl methyl sites for hydroxylation is 1. The summed E-state index contributed by atoms with van der Waals surface area (Å²) in [6, 6.07) is 17.5. The lowest BCUT2D eigenvalue weighted by molar-refractivity contribution is 0.0742. The molecule has 3 aromatic rings. The Morgan fingerprint density at radius 1 is 0.871 bits per heavy atom. The fraction of sp³-hybridized carbons (Fsp3) is 0.292. The average molecular weight is 418 g/mol. The van der Waals surface area contributed by atoms with Gasteiger partial charge in [0.15, 0.2) is 17.3 Å². The first-order valence-electron chi connectivity index (χ1n) is 10.3. The fourth-order valence-corrected chi connectivity index (χ4v) is 3.86. The molecule has 1 aromatic heterocycles. The Morgan fingerprint density at radius 3 is 2.29 bits per heavy atom. The van der Waals surface area contributed by atoms with Crippen LogP contribution in [0.5, 0.6) is 11.5 Å². The second-order valence-electron chi connectivity index (χ2n) is 7.41. The van der Waals surface area contributed by atoms with E-state index in [0.29, 0.717) is 43.2 Å². The molecule has 4 rings (SSSR count). The van der Waals surface area contributed by atoms with E-state index >= 15 is 0 Å². The van der Waals surface area contributed by atoms with Crippen molar-refractivity contribution in [1.29, 1.82) is 0 Å². The third-order valence-electron chi connectivity index (χ3n) is 5.60. The summed E-state index contributed by atoms with van der Waals surface area (Å²) in [5.74, 6) is 1.78. The zero-order chi connectivity index (χ0) is 21.8. The highest BCUT2D eigenvalue weighted by Crippen LogP contribution is 2.32. The molecule has 1 saturated heterocycles. The molecule has 160 valence electrons. The number of carbonyl (C=O) groups excluding carboxylic acids is 1. The quantitative estimate of drug-likeness (QED) is 0.632. The first-order valence-corrected chi connectivity index (χ1v) is 10.3. The van der Waals surface area contributed by atoms with Gasteiger partial charge in [-0.25, -0.2) is 0 Å². The Kier molecular flexibility index (Phi) is 6.02. The minimum Gasteiger partial charge on any atom is -0.493 e. The molecule has 0 unspecified atom stereocenters. The Hall–Kier alpha value is -3.61. The van der Waals surface area contributed by atoms with Gasteiger partial charge < -0.3 is 19.3 Å². The Labute approximate surface area is 182 Å². The lowest BCUT2D eigenvalue weighted by atomic mass is 10.1. The highest BCUT2D eigenvalue weighted by Gasteiger charge is 2.26. The minimum atomic E-state index is -0.0589. The summed E-state index contributed by atoms with van der Waals surface area (Å²) >= 11 is 0. The van der Waals surface area contributed by atoms with E-state index in [-0.39, 0.29) is 5.91 Å². The number of carbonyl (C=O) groups is 1. The van der Waals surface area contributed by atoms with Gasteiger partial charge in [-0.1, -0.05) is 30.3 Å². The van der Waals surface area contributed by atoms with Crippen molar-refractivity contribution in [3.63, 3.8) is 0 Å². The Balaban J connectivity index is 1.43.